The van der Waals surface area contributed by atoms with Crippen LogP contribution in [0.2, 0.25) is 0 Å². The molecule has 2 N–H and O–H groups in total. The lowest BCUT2D eigenvalue weighted by molar-refractivity contribution is 0.101. The van der Waals surface area contributed by atoms with Gasteiger partial charge in [0.05, 0.1) is 11.3 Å². The monoisotopic (exact) mass is 386 g/mol. The maximum atomic E-state index is 12.6. The van der Waals surface area contributed by atoms with Gasteiger partial charge in [0.25, 0.3) is 11.8 Å². The molecule has 3 aromatic carbocycles. The average Bonchev–Trinajstić information content (AvgIpc) is 2.83. The van der Waals surface area contributed by atoms with Gasteiger partial charge in [0.15, 0.2) is 5.75 Å². The molecule has 0 saturated heterocycles. The number of amides is 2. The van der Waals surface area contributed by atoms with Gasteiger partial charge in [-0.05, 0) is 53.4 Å². The number of rotatable bonds is 2. The summed E-state index contributed by atoms with van der Waals surface area (Å²) in [5, 5.41) is 5.69. The van der Waals surface area contributed by atoms with Gasteiger partial charge in [-0.15, -0.1) is 0 Å². The zero-order valence-electron chi connectivity index (χ0n) is 16.6. The molecule has 0 spiro atoms. The predicted molar refractivity (Wildman–Crippen MR) is 114 cm³/mol. The standard InChI is InChI=1S/C24H22N2O3/c1-24(2,3)16-10-8-15(9-11-16)22(27)25-17-12-13-20-18(14-17)23(28)26-19-6-4-5-7-21(19)29-20/h4-14H,1-3H3,(H,25,27)(H,26,28). The maximum Gasteiger partial charge on any atom is 0.259 e. The van der Waals surface area contributed by atoms with Gasteiger partial charge in [-0.25, -0.2) is 0 Å². The van der Waals surface area contributed by atoms with Crippen LogP contribution < -0.4 is 15.4 Å². The van der Waals surface area contributed by atoms with Crippen molar-refractivity contribution >= 4 is 23.2 Å². The Morgan fingerprint density at radius 2 is 1.66 bits per heavy atom. The Labute approximate surface area is 169 Å². The summed E-state index contributed by atoms with van der Waals surface area (Å²) < 4.78 is 5.87. The Kier molecular flexibility index (Phi) is 4.59. The van der Waals surface area contributed by atoms with Gasteiger partial charge < -0.3 is 15.4 Å². The molecule has 2 amide bonds. The van der Waals surface area contributed by atoms with Crippen molar-refractivity contribution in [3.05, 3.63) is 83.4 Å². The molecular formula is C24H22N2O3. The molecule has 1 aliphatic rings. The third-order valence-electron chi connectivity index (χ3n) is 4.85. The van der Waals surface area contributed by atoms with Gasteiger partial charge in [-0.3, -0.25) is 9.59 Å². The number of benzene rings is 3. The van der Waals surface area contributed by atoms with Gasteiger partial charge in [0.2, 0.25) is 0 Å². The lowest BCUT2D eigenvalue weighted by Gasteiger charge is -2.19. The molecule has 0 aliphatic carbocycles. The van der Waals surface area contributed by atoms with E-state index in [0.717, 1.165) is 5.56 Å². The Morgan fingerprint density at radius 3 is 2.38 bits per heavy atom. The summed E-state index contributed by atoms with van der Waals surface area (Å²) in [4.78, 5) is 25.2. The molecule has 0 radical (unpaired) electrons. The summed E-state index contributed by atoms with van der Waals surface area (Å²) in [6.07, 6.45) is 0. The van der Waals surface area contributed by atoms with E-state index in [9.17, 15) is 9.59 Å². The number of fused-ring (bicyclic) bond motifs is 2. The van der Waals surface area contributed by atoms with Crippen LogP contribution in [0.1, 0.15) is 47.1 Å². The molecule has 1 heterocycles. The molecule has 146 valence electrons. The van der Waals surface area contributed by atoms with Crippen molar-refractivity contribution in [1.82, 2.24) is 0 Å². The molecule has 4 rings (SSSR count). The van der Waals surface area contributed by atoms with Crippen molar-refractivity contribution in [2.24, 2.45) is 0 Å². The Balaban J connectivity index is 1.56. The summed E-state index contributed by atoms with van der Waals surface area (Å²) in [5.74, 6) is 0.509. The van der Waals surface area contributed by atoms with E-state index in [1.54, 1.807) is 30.3 Å². The van der Waals surface area contributed by atoms with E-state index in [-0.39, 0.29) is 17.2 Å². The van der Waals surface area contributed by atoms with Crippen LogP contribution >= 0.6 is 0 Å². The first-order valence-electron chi connectivity index (χ1n) is 9.45. The number of nitrogens with one attached hydrogen (secondary N) is 2. The maximum absolute atomic E-state index is 12.6. The van der Waals surface area contributed by atoms with E-state index in [0.29, 0.717) is 34.0 Å². The summed E-state index contributed by atoms with van der Waals surface area (Å²) in [7, 11) is 0. The number of hydrogen-bond donors (Lipinski definition) is 2. The van der Waals surface area contributed by atoms with E-state index >= 15 is 0 Å². The summed E-state index contributed by atoms with van der Waals surface area (Å²) in [6, 6.07) is 19.8. The van der Waals surface area contributed by atoms with Gasteiger partial charge in [0.1, 0.15) is 5.75 Å². The molecule has 3 aromatic rings. The molecular weight excluding hydrogens is 364 g/mol. The van der Waals surface area contributed by atoms with Crippen molar-refractivity contribution < 1.29 is 14.3 Å². The molecule has 29 heavy (non-hydrogen) atoms. The largest absolute Gasteiger partial charge is 0.454 e. The van der Waals surface area contributed by atoms with Crippen LogP contribution in [0.25, 0.3) is 0 Å². The fourth-order valence-corrected chi connectivity index (χ4v) is 3.17. The van der Waals surface area contributed by atoms with E-state index in [1.807, 2.05) is 36.4 Å². The quantitative estimate of drug-likeness (QED) is 0.603. The van der Waals surface area contributed by atoms with Crippen LogP contribution in [-0.4, -0.2) is 11.8 Å². The second-order valence-corrected chi connectivity index (χ2v) is 8.04. The minimum absolute atomic E-state index is 0.0247. The second kappa shape index (κ2) is 7.09. The van der Waals surface area contributed by atoms with Crippen molar-refractivity contribution in [3.63, 3.8) is 0 Å². The number of para-hydroxylation sites is 2. The van der Waals surface area contributed by atoms with E-state index < -0.39 is 0 Å². The number of anilines is 2. The first kappa shape index (κ1) is 18.7. The molecule has 0 unspecified atom stereocenters. The molecule has 0 aromatic heterocycles. The number of hydrogen-bond acceptors (Lipinski definition) is 3. The van der Waals surface area contributed by atoms with Gasteiger partial charge in [0, 0.05) is 11.3 Å². The van der Waals surface area contributed by atoms with Crippen molar-refractivity contribution in [2.75, 3.05) is 10.6 Å². The summed E-state index contributed by atoms with van der Waals surface area (Å²) >= 11 is 0. The molecule has 0 fully saturated rings. The number of carbonyl (C=O) groups is 2. The van der Waals surface area contributed by atoms with Crippen LogP contribution in [0.4, 0.5) is 11.4 Å². The second-order valence-electron chi connectivity index (χ2n) is 8.04. The van der Waals surface area contributed by atoms with Crippen LogP contribution in [0.5, 0.6) is 11.5 Å². The van der Waals surface area contributed by atoms with Crippen molar-refractivity contribution in [3.8, 4) is 11.5 Å². The molecule has 5 heteroatoms. The fraction of sp³-hybridized carbons (Fsp3) is 0.167. The molecule has 0 atom stereocenters. The van der Waals surface area contributed by atoms with Crippen LogP contribution in [0, 0.1) is 0 Å². The van der Waals surface area contributed by atoms with Gasteiger partial charge in [-0.1, -0.05) is 45.0 Å². The highest BCUT2D eigenvalue weighted by Gasteiger charge is 2.21. The van der Waals surface area contributed by atoms with E-state index in [2.05, 4.69) is 31.4 Å². The molecule has 0 bridgehead atoms. The third-order valence-corrected chi connectivity index (χ3v) is 4.85. The SMILES string of the molecule is CC(C)(C)c1ccc(C(=O)Nc2ccc3c(c2)C(=O)Nc2ccccc2O3)cc1. The van der Waals surface area contributed by atoms with E-state index in [4.69, 9.17) is 4.74 Å². The minimum Gasteiger partial charge on any atom is -0.454 e. The molecule has 0 saturated carbocycles. The lowest BCUT2D eigenvalue weighted by Crippen LogP contribution is -2.15. The third kappa shape index (κ3) is 3.85. The highest BCUT2D eigenvalue weighted by Crippen LogP contribution is 2.36. The average molecular weight is 386 g/mol. The summed E-state index contributed by atoms with van der Waals surface area (Å²) in [5.41, 5.74) is 3.24. The van der Waals surface area contributed by atoms with Crippen LogP contribution in [-0.2, 0) is 5.41 Å². The zero-order chi connectivity index (χ0) is 20.6. The van der Waals surface area contributed by atoms with Gasteiger partial charge >= 0.3 is 0 Å². The first-order valence-corrected chi connectivity index (χ1v) is 9.45. The Bertz CT molecular complexity index is 1100. The Hall–Kier alpha value is -3.60. The Morgan fingerprint density at radius 1 is 0.931 bits per heavy atom. The number of carbonyl (C=O) groups excluding carboxylic acids is 2. The van der Waals surface area contributed by atoms with Gasteiger partial charge in [-0.2, -0.15) is 0 Å². The van der Waals surface area contributed by atoms with Crippen LogP contribution in [0.15, 0.2) is 66.7 Å². The lowest BCUT2D eigenvalue weighted by atomic mass is 9.87. The van der Waals surface area contributed by atoms with E-state index in [1.165, 1.54) is 0 Å². The van der Waals surface area contributed by atoms with Crippen LogP contribution in [0.3, 0.4) is 0 Å². The minimum atomic E-state index is -0.282. The van der Waals surface area contributed by atoms with Crippen molar-refractivity contribution in [2.45, 2.75) is 26.2 Å². The highest BCUT2D eigenvalue weighted by molar-refractivity contribution is 6.10. The normalized spacial score (nSPS) is 12.7. The first-order chi connectivity index (χ1) is 13.8. The molecule has 1 aliphatic heterocycles. The molecule has 5 nitrogen and oxygen atoms in total. The predicted octanol–water partition coefficient (Wildman–Crippen LogP) is 5.59. The smallest absolute Gasteiger partial charge is 0.259 e. The van der Waals surface area contributed by atoms with Crippen molar-refractivity contribution in [1.29, 1.82) is 0 Å². The highest BCUT2D eigenvalue weighted by atomic mass is 16.5. The summed E-state index contributed by atoms with van der Waals surface area (Å²) in [6.45, 7) is 6.38. The zero-order valence-corrected chi connectivity index (χ0v) is 16.6. The number of ether oxygens (including phenoxy) is 1. The fourth-order valence-electron chi connectivity index (χ4n) is 3.17. The topological polar surface area (TPSA) is 67.4 Å².